The number of benzene rings is 1. The average Bonchev–Trinajstić information content (AvgIpc) is 2.75. The molecule has 1 aromatic heterocycles. The molecule has 0 unspecified atom stereocenters. The van der Waals surface area contributed by atoms with Crippen LogP contribution in [0.3, 0.4) is 0 Å². The summed E-state index contributed by atoms with van der Waals surface area (Å²) in [5.41, 5.74) is 1.48. The van der Waals surface area contributed by atoms with Crippen molar-refractivity contribution in [2.24, 2.45) is 0 Å². The van der Waals surface area contributed by atoms with E-state index in [0.29, 0.717) is 11.1 Å². The van der Waals surface area contributed by atoms with E-state index in [1.54, 1.807) is 22.8 Å². The Labute approximate surface area is 146 Å². The van der Waals surface area contributed by atoms with Gasteiger partial charge in [0.2, 0.25) is 20.0 Å². The van der Waals surface area contributed by atoms with Gasteiger partial charge in [0, 0.05) is 31.6 Å². The molecule has 0 fully saturated rings. The Morgan fingerprint density at radius 2 is 1.88 bits per heavy atom. The van der Waals surface area contributed by atoms with E-state index in [-0.39, 0.29) is 18.9 Å². The summed E-state index contributed by atoms with van der Waals surface area (Å²) in [7, 11) is -4.29. The molecule has 2 heterocycles. The maximum absolute atomic E-state index is 12.7. The predicted octanol–water partition coefficient (Wildman–Crippen LogP) is 0.448. The quantitative estimate of drug-likeness (QED) is 0.764. The molecule has 1 aliphatic rings. The van der Waals surface area contributed by atoms with Crippen molar-refractivity contribution in [3.05, 3.63) is 35.5 Å². The van der Waals surface area contributed by atoms with E-state index < -0.39 is 31.6 Å². The number of hydrogen-bond donors (Lipinski definition) is 0. The number of carbonyl (C=O) groups excluding carboxylic acids is 1. The first-order valence-corrected chi connectivity index (χ1v) is 11.0. The highest BCUT2D eigenvalue weighted by atomic mass is 32.2. The van der Waals surface area contributed by atoms with Crippen LogP contribution in [0, 0.1) is 0 Å². The molecule has 25 heavy (non-hydrogen) atoms. The molecule has 1 aromatic carbocycles. The summed E-state index contributed by atoms with van der Waals surface area (Å²) in [6, 6.07) is 7.20. The van der Waals surface area contributed by atoms with Crippen LogP contribution in [0.5, 0.6) is 0 Å². The predicted molar refractivity (Wildman–Crippen MR) is 94.1 cm³/mol. The number of para-hydroxylation sites is 1. The maximum Gasteiger partial charge on any atom is 0.222 e. The van der Waals surface area contributed by atoms with Gasteiger partial charge in [0.05, 0.1) is 24.1 Å². The first-order chi connectivity index (χ1) is 11.5. The van der Waals surface area contributed by atoms with Crippen molar-refractivity contribution < 1.29 is 21.6 Å². The molecule has 2 aromatic rings. The van der Waals surface area contributed by atoms with E-state index in [4.69, 9.17) is 0 Å². The molecule has 0 spiro atoms. The Balaban J connectivity index is 2.27. The second kappa shape index (κ2) is 5.90. The number of hydrogen-bond acceptors (Lipinski definition) is 5. The van der Waals surface area contributed by atoms with Gasteiger partial charge in [-0.15, -0.1) is 0 Å². The highest BCUT2D eigenvalue weighted by Crippen LogP contribution is 2.30. The van der Waals surface area contributed by atoms with Gasteiger partial charge in [-0.1, -0.05) is 18.2 Å². The lowest BCUT2D eigenvalue weighted by Crippen LogP contribution is -2.30. The van der Waals surface area contributed by atoms with Crippen LogP contribution in [0.4, 0.5) is 0 Å². The Hall–Kier alpha value is -1.75. The van der Waals surface area contributed by atoms with Gasteiger partial charge >= 0.3 is 0 Å². The van der Waals surface area contributed by atoms with Crippen LogP contribution < -0.4 is 0 Å². The molecule has 8 nitrogen and oxygen atoms in total. The number of rotatable bonds is 3. The fourth-order valence-corrected chi connectivity index (χ4v) is 4.32. The van der Waals surface area contributed by atoms with E-state index in [1.165, 1.54) is 14.1 Å². The average molecular weight is 385 g/mol. The lowest BCUT2D eigenvalue weighted by molar-refractivity contribution is 0.101. The van der Waals surface area contributed by atoms with Crippen molar-refractivity contribution >= 4 is 36.7 Å². The summed E-state index contributed by atoms with van der Waals surface area (Å²) in [6.45, 7) is 0.00366. The summed E-state index contributed by atoms with van der Waals surface area (Å²) in [5.74, 6) is -1.16. The second-order valence-electron chi connectivity index (χ2n) is 6.21. The Morgan fingerprint density at radius 3 is 2.52 bits per heavy atom. The van der Waals surface area contributed by atoms with Crippen LogP contribution >= 0.6 is 0 Å². The van der Waals surface area contributed by atoms with Crippen molar-refractivity contribution in [2.75, 3.05) is 26.1 Å². The van der Waals surface area contributed by atoms with E-state index >= 15 is 0 Å². The third kappa shape index (κ3) is 3.10. The highest BCUT2D eigenvalue weighted by molar-refractivity contribution is 7.89. The highest BCUT2D eigenvalue weighted by Gasteiger charge is 2.34. The molecule has 0 N–H and O–H groups in total. The minimum Gasteiger partial charge on any atom is -0.323 e. The summed E-state index contributed by atoms with van der Waals surface area (Å²) in [4.78, 5) is 12.7. The molecule has 136 valence electrons. The van der Waals surface area contributed by atoms with Gasteiger partial charge < -0.3 is 4.57 Å². The molecule has 0 saturated heterocycles. The van der Waals surface area contributed by atoms with Gasteiger partial charge in [-0.25, -0.2) is 21.1 Å². The Kier molecular flexibility index (Phi) is 4.26. The number of fused-ring (bicyclic) bond motifs is 3. The standard InChI is InChI=1S/C15H19N3O5S2/c1-16(24(3,20)21)8-12-11-6-4-5-7-13(11)18-10-17(2)25(22,23)9-14(19)15(12)18/h4-7H,8-10H2,1-3H3. The largest absolute Gasteiger partial charge is 0.323 e. The third-order valence-corrected chi connectivity index (χ3v) is 7.37. The minimum atomic E-state index is -3.70. The van der Waals surface area contributed by atoms with Crippen LogP contribution in [0.15, 0.2) is 24.3 Å². The normalized spacial score (nSPS) is 18.5. The van der Waals surface area contributed by atoms with Crippen LogP contribution in [0.25, 0.3) is 10.9 Å². The fraction of sp³-hybridized carbons (Fsp3) is 0.400. The molecule has 0 saturated carbocycles. The number of carbonyl (C=O) groups is 1. The zero-order valence-electron chi connectivity index (χ0n) is 14.1. The topological polar surface area (TPSA) is 96.8 Å². The molecule has 0 aliphatic carbocycles. The van der Waals surface area contributed by atoms with E-state index in [2.05, 4.69) is 0 Å². The number of ketones is 1. The molecule has 1 aliphatic heterocycles. The van der Waals surface area contributed by atoms with Gasteiger partial charge in [0.15, 0.2) is 5.78 Å². The molecule has 0 atom stereocenters. The van der Waals surface area contributed by atoms with Crippen molar-refractivity contribution in [2.45, 2.75) is 13.2 Å². The third-order valence-electron chi connectivity index (χ3n) is 4.42. The summed E-state index contributed by atoms with van der Waals surface area (Å²) < 4.78 is 51.9. The van der Waals surface area contributed by atoms with E-state index in [0.717, 1.165) is 20.3 Å². The summed E-state index contributed by atoms with van der Waals surface area (Å²) in [5, 5.41) is 0.744. The lowest BCUT2D eigenvalue weighted by Gasteiger charge is -2.15. The Morgan fingerprint density at radius 1 is 1.24 bits per heavy atom. The molecular formula is C15H19N3O5S2. The first-order valence-electron chi connectivity index (χ1n) is 7.51. The number of nitrogens with zero attached hydrogens (tertiary/aromatic N) is 3. The molecule has 10 heteroatoms. The number of aromatic nitrogens is 1. The van der Waals surface area contributed by atoms with Gasteiger partial charge in [-0.2, -0.15) is 4.31 Å². The zero-order chi connectivity index (χ0) is 18.6. The molecule has 0 bridgehead atoms. The fourth-order valence-electron chi connectivity index (χ4n) is 2.97. The molecule has 0 amide bonds. The summed E-state index contributed by atoms with van der Waals surface area (Å²) >= 11 is 0. The van der Waals surface area contributed by atoms with E-state index in [9.17, 15) is 21.6 Å². The van der Waals surface area contributed by atoms with Gasteiger partial charge in [0.25, 0.3) is 0 Å². The van der Waals surface area contributed by atoms with Crippen molar-refractivity contribution in [3.8, 4) is 0 Å². The van der Waals surface area contributed by atoms with Crippen molar-refractivity contribution in [3.63, 3.8) is 0 Å². The zero-order valence-corrected chi connectivity index (χ0v) is 15.8. The van der Waals surface area contributed by atoms with Crippen LogP contribution in [-0.4, -0.2) is 61.9 Å². The Bertz CT molecular complexity index is 1070. The number of sulfonamides is 2. The number of Topliss-reactive ketones (excluding diaryl/α,β-unsaturated/α-hetero) is 1. The smallest absolute Gasteiger partial charge is 0.222 e. The van der Waals surface area contributed by atoms with Gasteiger partial charge in [0.1, 0.15) is 5.75 Å². The monoisotopic (exact) mass is 385 g/mol. The SMILES string of the molecule is CN(Cc1c2n(c3ccccc13)CN(C)S(=O)(=O)CC2=O)S(C)(=O)=O. The molecular weight excluding hydrogens is 366 g/mol. The lowest BCUT2D eigenvalue weighted by atomic mass is 10.1. The van der Waals surface area contributed by atoms with Crippen LogP contribution in [0.1, 0.15) is 16.1 Å². The molecule has 0 radical (unpaired) electrons. The van der Waals surface area contributed by atoms with E-state index in [1.807, 2.05) is 6.07 Å². The van der Waals surface area contributed by atoms with Crippen LogP contribution in [-0.2, 0) is 33.3 Å². The van der Waals surface area contributed by atoms with Crippen molar-refractivity contribution in [1.29, 1.82) is 0 Å². The summed E-state index contributed by atoms with van der Waals surface area (Å²) in [6.07, 6.45) is 1.09. The molecule has 3 rings (SSSR count). The van der Waals surface area contributed by atoms with Gasteiger partial charge in [-0.3, -0.25) is 4.79 Å². The minimum absolute atomic E-state index is 0.00280. The van der Waals surface area contributed by atoms with Crippen LogP contribution in [0.2, 0.25) is 0 Å². The first kappa shape index (κ1) is 18.1. The maximum atomic E-state index is 12.7. The second-order valence-corrected chi connectivity index (χ2v) is 10.4. The van der Waals surface area contributed by atoms with Crippen molar-refractivity contribution in [1.82, 2.24) is 13.2 Å². The van der Waals surface area contributed by atoms with Gasteiger partial charge in [-0.05, 0) is 6.07 Å².